The summed E-state index contributed by atoms with van der Waals surface area (Å²) in [6.07, 6.45) is 8.29. The first kappa shape index (κ1) is 13.9. The zero-order valence-corrected chi connectivity index (χ0v) is 12.1. The number of aromatic nitrogens is 2. The number of rotatable bonds is 7. The average molecular weight is 268 g/mol. The van der Waals surface area contributed by atoms with Crippen molar-refractivity contribution in [3.8, 4) is 0 Å². The molecule has 0 saturated heterocycles. The lowest BCUT2D eigenvalue weighted by molar-refractivity contribution is 0.189. The van der Waals surface area contributed by atoms with Crippen molar-refractivity contribution in [1.82, 2.24) is 19.8 Å². The molecule has 5 heteroatoms. The molecule has 1 heterocycles. The highest BCUT2D eigenvalue weighted by atomic mass is 32.1. The van der Waals surface area contributed by atoms with Gasteiger partial charge in [-0.1, -0.05) is 23.8 Å². The van der Waals surface area contributed by atoms with Crippen LogP contribution in [0.5, 0.6) is 0 Å². The van der Waals surface area contributed by atoms with Gasteiger partial charge in [0, 0.05) is 18.0 Å². The number of hydrogen-bond acceptors (Lipinski definition) is 5. The van der Waals surface area contributed by atoms with Gasteiger partial charge in [0.05, 0.1) is 5.69 Å². The fourth-order valence-electron chi connectivity index (χ4n) is 2.64. The fraction of sp³-hybridized carbons (Fsp3) is 0.846. The molecule has 1 aromatic rings. The average Bonchev–Trinajstić information content (AvgIpc) is 2.92. The third-order valence-electron chi connectivity index (χ3n) is 3.77. The van der Waals surface area contributed by atoms with Crippen molar-refractivity contribution < 1.29 is 0 Å². The van der Waals surface area contributed by atoms with Crippen molar-refractivity contribution in [3.63, 3.8) is 0 Å². The lowest BCUT2D eigenvalue weighted by Crippen LogP contribution is -2.35. The highest BCUT2D eigenvalue weighted by Gasteiger charge is 2.16. The third kappa shape index (κ3) is 4.63. The SMILES string of the molecule is CN(CCCNCc1csnn1)C1CCCCC1. The molecule has 0 atom stereocenters. The Morgan fingerprint density at radius 3 is 2.94 bits per heavy atom. The molecule has 18 heavy (non-hydrogen) atoms. The van der Waals surface area contributed by atoms with Gasteiger partial charge in [-0.3, -0.25) is 0 Å². The molecule has 0 amide bonds. The Labute approximate surface area is 114 Å². The molecule has 1 fully saturated rings. The van der Waals surface area contributed by atoms with Crippen LogP contribution >= 0.6 is 11.5 Å². The first-order chi connectivity index (χ1) is 8.86. The summed E-state index contributed by atoms with van der Waals surface area (Å²) in [6.45, 7) is 3.12. The second-order valence-electron chi connectivity index (χ2n) is 5.20. The van der Waals surface area contributed by atoms with E-state index in [4.69, 9.17) is 0 Å². The molecular weight excluding hydrogens is 244 g/mol. The van der Waals surface area contributed by atoms with E-state index in [0.717, 1.165) is 24.8 Å². The van der Waals surface area contributed by atoms with E-state index in [-0.39, 0.29) is 0 Å². The molecule has 102 valence electrons. The number of nitrogens with zero attached hydrogens (tertiary/aromatic N) is 3. The van der Waals surface area contributed by atoms with Crippen molar-refractivity contribution in [3.05, 3.63) is 11.1 Å². The first-order valence-corrected chi connectivity index (χ1v) is 7.87. The van der Waals surface area contributed by atoms with Crippen molar-refractivity contribution in [2.75, 3.05) is 20.1 Å². The Bertz CT molecular complexity index is 309. The molecule has 2 rings (SSSR count). The molecule has 1 aliphatic rings. The molecule has 0 unspecified atom stereocenters. The maximum Gasteiger partial charge on any atom is 0.0893 e. The summed E-state index contributed by atoms with van der Waals surface area (Å²) < 4.78 is 3.85. The molecule has 0 aliphatic heterocycles. The maximum atomic E-state index is 4.02. The minimum Gasteiger partial charge on any atom is -0.311 e. The monoisotopic (exact) mass is 268 g/mol. The van der Waals surface area contributed by atoms with Crippen LogP contribution in [0.15, 0.2) is 5.38 Å². The zero-order valence-electron chi connectivity index (χ0n) is 11.3. The Morgan fingerprint density at radius 1 is 1.39 bits per heavy atom. The van der Waals surface area contributed by atoms with E-state index < -0.39 is 0 Å². The van der Waals surface area contributed by atoms with Crippen molar-refractivity contribution in [2.24, 2.45) is 0 Å². The normalized spacial score (nSPS) is 17.4. The van der Waals surface area contributed by atoms with E-state index >= 15 is 0 Å². The number of nitrogens with one attached hydrogen (secondary N) is 1. The zero-order chi connectivity index (χ0) is 12.6. The van der Waals surface area contributed by atoms with Crippen LogP contribution in [0, 0.1) is 0 Å². The van der Waals surface area contributed by atoms with Crippen LogP contribution in [0.1, 0.15) is 44.2 Å². The molecular formula is C13H24N4S. The standard InChI is InChI=1S/C13H24N4S/c1-17(13-6-3-2-4-7-13)9-5-8-14-10-12-11-18-16-15-12/h11,13-14H,2-10H2,1H3. The largest absolute Gasteiger partial charge is 0.311 e. The summed E-state index contributed by atoms with van der Waals surface area (Å²) in [7, 11) is 2.28. The summed E-state index contributed by atoms with van der Waals surface area (Å²) in [4.78, 5) is 2.55. The highest BCUT2D eigenvalue weighted by Crippen LogP contribution is 2.21. The molecule has 1 aliphatic carbocycles. The minimum absolute atomic E-state index is 0.835. The van der Waals surface area contributed by atoms with Gasteiger partial charge in [-0.25, -0.2) is 0 Å². The van der Waals surface area contributed by atoms with Crippen molar-refractivity contribution in [1.29, 1.82) is 0 Å². The lowest BCUT2D eigenvalue weighted by Gasteiger charge is -2.31. The molecule has 1 saturated carbocycles. The van der Waals surface area contributed by atoms with E-state index in [2.05, 4.69) is 26.9 Å². The molecule has 4 nitrogen and oxygen atoms in total. The predicted molar refractivity (Wildman–Crippen MR) is 75.7 cm³/mol. The summed E-state index contributed by atoms with van der Waals surface area (Å²) >= 11 is 1.42. The minimum atomic E-state index is 0.835. The van der Waals surface area contributed by atoms with Gasteiger partial charge in [0.2, 0.25) is 0 Å². The Balaban J connectivity index is 1.52. The fourth-order valence-corrected chi connectivity index (χ4v) is 3.09. The van der Waals surface area contributed by atoms with Crippen LogP contribution in [0.25, 0.3) is 0 Å². The molecule has 0 bridgehead atoms. The van der Waals surface area contributed by atoms with Crippen LogP contribution in [-0.2, 0) is 6.54 Å². The van der Waals surface area contributed by atoms with Gasteiger partial charge >= 0.3 is 0 Å². The van der Waals surface area contributed by atoms with Gasteiger partial charge in [0.25, 0.3) is 0 Å². The Kier molecular flexibility index (Phi) is 6.04. The van der Waals surface area contributed by atoms with Crippen LogP contribution in [-0.4, -0.2) is 40.7 Å². The van der Waals surface area contributed by atoms with Crippen molar-refractivity contribution >= 4 is 11.5 Å². The van der Waals surface area contributed by atoms with Gasteiger partial charge in [-0.2, -0.15) is 0 Å². The maximum absolute atomic E-state index is 4.02. The van der Waals surface area contributed by atoms with E-state index in [0.29, 0.717) is 0 Å². The highest BCUT2D eigenvalue weighted by molar-refractivity contribution is 7.03. The van der Waals surface area contributed by atoms with Gasteiger partial charge in [-0.15, -0.1) is 5.10 Å². The van der Waals surface area contributed by atoms with Crippen molar-refractivity contribution in [2.45, 2.75) is 51.1 Å². The van der Waals surface area contributed by atoms with E-state index in [9.17, 15) is 0 Å². The van der Waals surface area contributed by atoms with Gasteiger partial charge in [0.1, 0.15) is 0 Å². The molecule has 0 radical (unpaired) electrons. The van der Waals surface area contributed by atoms with Gasteiger partial charge < -0.3 is 10.2 Å². The summed E-state index contributed by atoms with van der Waals surface area (Å²) in [5.74, 6) is 0. The molecule has 1 aromatic heterocycles. The molecule has 0 aromatic carbocycles. The Morgan fingerprint density at radius 2 is 2.22 bits per heavy atom. The summed E-state index contributed by atoms with van der Waals surface area (Å²) in [5.41, 5.74) is 1.06. The van der Waals surface area contributed by atoms with Crippen LogP contribution in [0.3, 0.4) is 0 Å². The van der Waals surface area contributed by atoms with E-state index in [1.165, 1.54) is 56.6 Å². The summed E-state index contributed by atoms with van der Waals surface area (Å²) in [5, 5.41) is 9.44. The Hall–Kier alpha value is -0.520. The van der Waals surface area contributed by atoms with Crippen LogP contribution in [0.2, 0.25) is 0 Å². The number of hydrogen-bond donors (Lipinski definition) is 1. The molecule has 0 spiro atoms. The van der Waals surface area contributed by atoms with E-state index in [1.807, 2.05) is 5.38 Å². The van der Waals surface area contributed by atoms with Gasteiger partial charge in [0.15, 0.2) is 0 Å². The second kappa shape index (κ2) is 7.81. The van der Waals surface area contributed by atoms with Crippen LogP contribution in [0.4, 0.5) is 0 Å². The first-order valence-electron chi connectivity index (χ1n) is 7.03. The summed E-state index contributed by atoms with van der Waals surface area (Å²) in [6, 6.07) is 0.835. The van der Waals surface area contributed by atoms with E-state index in [1.54, 1.807) is 0 Å². The quantitative estimate of drug-likeness (QED) is 0.770. The topological polar surface area (TPSA) is 41.0 Å². The predicted octanol–water partition coefficient (Wildman–Crippen LogP) is 2.28. The van der Waals surface area contributed by atoms with Gasteiger partial charge in [-0.05, 0) is 50.9 Å². The lowest BCUT2D eigenvalue weighted by atomic mass is 9.94. The van der Waals surface area contributed by atoms with Crippen LogP contribution < -0.4 is 5.32 Å². The molecule has 1 N–H and O–H groups in total. The second-order valence-corrected chi connectivity index (χ2v) is 5.81. The smallest absolute Gasteiger partial charge is 0.0893 e. The third-order valence-corrected chi connectivity index (χ3v) is 4.33.